The Morgan fingerprint density at radius 3 is 3.05 bits per heavy atom. The zero-order valence-electron chi connectivity index (χ0n) is 11.3. The second-order valence-corrected chi connectivity index (χ2v) is 5.11. The van der Waals surface area contributed by atoms with Crippen molar-refractivity contribution >= 4 is 5.82 Å². The van der Waals surface area contributed by atoms with Gasteiger partial charge in [0.1, 0.15) is 11.6 Å². The summed E-state index contributed by atoms with van der Waals surface area (Å²) in [5.74, 6) is 2.22. The summed E-state index contributed by atoms with van der Waals surface area (Å²) >= 11 is 0. The van der Waals surface area contributed by atoms with Gasteiger partial charge in [-0.05, 0) is 38.3 Å². The lowest BCUT2D eigenvalue weighted by Crippen LogP contribution is -2.13. The number of pyridine rings is 1. The van der Waals surface area contributed by atoms with E-state index in [0.29, 0.717) is 5.92 Å². The molecule has 0 saturated heterocycles. The van der Waals surface area contributed by atoms with Crippen LogP contribution in [0.5, 0.6) is 0 Å². The number of aromatic nitrogens is 3. The molecule has 98 valence electrons. The van der Waals surface area contributed by atoms with Crippen molar-refractivity contribution in [1.29, 1.82) is 0 Å². The Morgan fingerprint density at radius 1 is 1.32 bits per heavy atom. The van der Waals surface area contributed by atoms with Crippen molar-refractivity contribution in [2.24, 2.45) is 0 Å². The molecular formula is C15H18N4. The molecule has 1 unspecified atom stereocenters. The second-order valence-electron chi connectivity index (χ2n) is 5.11. The molecule has 0 spiro atoms. The number of anilines is 1. The Bertz CT molecular complexity index is 574. The number of hydrogen-bond acceptors (Lipinski definition) is 4. The normalized spacial score (nSPS) is 17.3. The molecule has 1 aliphatic rings. The molecule has 0 amide bonds. The van der Waals surface area contributed by atoms with Crippen LogP contribution in [0.3, 0.4) is 0 Å². The topological polar surface area (TPSA) is 50.7 Å². The van der Waals surface area contributed by atoms with Gasteiger partial charge in [-0.1, -0.05) is 6.07 Å². The molecule has 0 bridgehead atoms. The number of fused-ring (bicyclic) bond motifs is 1. The number of hydrogen-bond donors (Lipinski definition) is 1. The fourth-order valence-corrected chi connectivity index (χ4v) is 2.73. The Hall–Kier alpha value is -1.97. The van der Waals surface area contributed by atoms with E-state index in [1.165, 1.54) is 17.7 Å². The summed E-state index contributed by atoms with van der Waals surface area (Å²) in [4.78, 5) is 13.2. The molecule has 1 atom stereocenters. The summed E-state index contributed by atoms with van der Waals surface area (Å²) in [6.45, 7) is 4.80. The maximum absolute atomic E-state index is 4.52. The molecule has 0 saturated carbocycles. The van der Waals surface area contributed by atoms with Gasteiger partial charge in [0.15, 0.2) is 0 Å². The van der Waals surface area contributed by atoms with E-state index < -0.39 is 0 Å². The fourth-order valence-electron chi connectivity index (χ4n) is 2.73. The fraction of sp³-hybridized carbons (Fsp3) is 0.400. The van der Waals surface area contributed by atoms with E-state index in [2.05, 4.69) is 26.3 Å². The van der Waals surface area contributed by atoms with E-state index in [-0.39, 0.29) is 0 Å². The van der Waals surface area contributed by atoms with Crippen molar-refractivity contribution in [2.45, 2.75) is 32.6 Å². The van der Waals surface area contributed by atoms with E-state index >= 15 is 0 Å². The van der Waals surface area contributed by atoms with Crippen LogP contribution in [-0.4, -0.2) is 21.5 Å². The first-order chi connectivity index (χ1) is 9.22. The summed E-state index contributed by atoms with van der Waals surface area (Å²) in [5.41, 5.74) is 3.64. The van der Waals surface area contributed by atoms with E-state index in [0.717, 1.165) is 30.3 Å². The lowest BCUT2D eigenvalue weighted by molar-refractivity contribution is 0.692. The lowest BCUT2D eigenvalue weighted by atomic mass is 10.1. The van der Waals surface area contributed by atoms with Crippen LogP contribution in [0.4, 0.5) is 5.82 Å². The lowest BCUT2D eigenvalue weighted by Gasteiger charge is -2.13. The first-order valence-corrected chi connectivity index (χ1v) is 6.72. The van der Waals surface area contributed by atoms with Crippen molar-refractivity contribution in [3.63, 3.8) is 0 Å². The zero-order valence-corrected chi connectivity index (χ0v) is 11.3. The highest BCUT2D eigenvalue weighted by Gasteiger charge is 2.23. The number of nitrogens with one attached hydrogen (secondary N) is 1. The van der Waals surface area contributed by atoms with Gasteiger partial charge >= 0.3 is 0 Å². The van der Waals surface area contributed by atoms with E-state index in [1.807, 2.05) is 32.2 Å². The minimum atomic E-state index is 0.492. The third kappa shape index (κ3) is 2.57. The Kier molecular flexibility index (Phi) is 3.15. The maximum atomic E-state index is 4.52. The molecule has 0 aromatic carbocycles. The van der Waals surface area contributed by atoms with Gasteiger partial charge in [-0.15, -0.1) is 0 Å². The summed E-state index contributed by atoms with van der Waals surface area (Å²) in [7, 11) is 0. The molecule has 3 rings (SSSR count). The minimum Gasteiger partial charge on any atom is -0.369 e. The van der Waals surface area contributed by atoms with Gasteiger partial charge in [-0.2, -0.15) is 0 Å². The number of aryl methyl sites for hydroxylation is 3. The predicted octanol–water partition coefficient (Wildman–Crippen LogP) is 2.63. The van der Waals surface area contributed by atoms with E-state index in [9.17, 15) is 0 Å². The van der Waals surface area contributed by atoms with E-state index in [4.69, 9.17) is 0 Å². The van der Waals surface area contributed by atoms with Gasteiger partial charge < -0.3 is 5.32 Å². The molecule has 2 aromatic rings. The SMILES string of the molecule is Cc1cc(NCC2CCc3cccnc32)nc(C)n1. The van der Waals surface area contributed by atoms with Crippen LogP contribution < -0.4 is 5.32 Å². The molecule has 4 nitrogen and oxygen atoms in total. The molecule has 2 heterocycles. The monoisotopic (exact) mass is 254 g/mol. The zero-order chi connectivity index (χ0) is 13.2. The molecule has 0 aliphatic heterocycles. The quantitative estimate of drug-likeness (QED) is 0.914. The molecule has 0 fully saturated rings. The Labute approximate surface area is 113 Å². The van der Waals surface area contributed by atoms with Gasteiger partial charge in [0.25, 0.3) is 0 Å². The van der Waals surface area contributed by atoms with Crippen LogP contribution in [0.15, 0.2) is 24.4 Å². The van der Waals surface area contributed by atoms with Crippen LogP contribution in [-0.2, 0) is 6.42 Å². The molecule has 1 N–H and O–H groups in total. The van der Waals surface area contributed by atoms with Crippen molar-refractivity contribution in [1.82, 2.24) is 15.0 Å². The largest absolute Gasteiger partial charge is 0.369 e. The Morgan fingerprint density at radius 2 is 2.21 bits per heavy atom. The molecule has 4 heteroatoms. The van der Waals surface area contributed by atoms with Crippen LogP contribution in [0.2, 0.25) is 0 Å². The highest BCUT2D eigenvalue weighted by Crippen LogP contribution is 2.30. The summed E-state index contributed by atoms with van der Waals surface area (Å²) < 4.78 is 0. The van der Waals surface area contributed by atoms with Gasteiger partial charge in [0, 0.05) is 36.1 Å². The highest BCUT2D eigenvalue weighted by molar-refractivity contribution is 5.37. The summed E-state index contributed by atoms with van der Waals surface area (Å²) in [5, 5.41) is 3.42. The van der Waals surface area contributed by atoms with Crippen LogP contribution in [0, 0.1) is 13.8 Å². The van der Waals surface area contributed by atoms with E-state index in [1.54, 1.807) is 0 Å². The van der Waals surface area contributed by atoms with Gasteiger partial charge in [-0.25, -0.2) is 9.97 Å². The van der Waals surface area contributed by atoms with Gasteiger partial charge in [0.05, 0.1) is 0 Å². The number of rotatable bonds is 3. The van der Waals surface area contributed by atoms with Crippen molar-refractivity contribution < 1.29 is 0 Å². The third-order valence-electron chi connectivity index (χ3n) is 3.57. The maximum Gasteiger partial charge on any atom is 0.129 e. The van der Waals surface area contributed by atoms with Crippen LogP contribution in [0.25, 0.3) is 0 Å². The average Bonchev–Trinajstić information content (AvgIpc) is 2.78. The Balaban J connectivity index is 1.70. The molecule has 2 aromatic heterocycles. The second kappa shape index (κ2) is 4.96. The molecular weight excluding hydrogens is 236 g/mol. The highest BCUT2D eigenvalue weighted by atomic mass is 15.0. The number of nitrogens with zero attached hydrogens (tertiary/aromatic N) is 3. The predicted molar refractivity (Wildman–Crippen MR) is 75.3 cm³/mol. The summed E-state index contributed by atoms with van der Waals surface area (Å²) in [6.07, 6.45) is 4.19. The van der Waals surface area contributed by atoms with Gasteiger partial charge in [-0.3, -0.25) is 4.98 Å². The molecule has 19 heavy (non-hydrogen) atoms. The van der Waals surface area contributed by atoms with Crippen LogP contribution >= 0.6 is 0 Å². The first kappa shape index (κ1) is 12.1. The standard InChI is InChI=1S/C15H18N4/c1-10-8-14(19-11(2)18-10)17-9-13-6-5-12-4-3-7-16-15(12)13/h3-4,7-8,13H,5-6,9H2,1-2H3,(H,17,18,19). The first-order valence-electron chi connectivity index (χ1n) is 6.72. The molecule has 0 radical (unpaired) electrons. The molecule has 1 aliphatic carbocycles. The van der Waals surface area contributed by atoms with Crippen molar-refractivity contribution in [3.8, 4) is 0 Å². The van der Waals surface area contributed by atoms with Crippen molar-refractivity contribution in [2.75, 3.05) is 11.9 Å². The third-order valence-corrected chi connectivity index (χ3v) is 3.57. The average molecular weight is 254 g/mol. The van der Waals surface area contributed by atoms with Crippen LogP contribution in [0.1, 0.15) is 35.1 Å². The van der Waals surface area contributed by atoms with Gasteiger partial charge in [0.2, 0.25) is 0 Å². The summed E-state index contributed by atoms with van der Waals surface area (Å²) in [6, 6.07) is 6.19. The van der Waals surface area contributed by atoms with Crippen molar-refractivity contribution in [3.05, 3.63) is 47.2 Å². The minimum absolute atomic E-state index is 0.492. The smallest absolute Gasteiger partial charge is 0.129 e.